The molecule has 0 unspecified atom stereocenters. The number of nitrogens with zero attached hydrogens (tertiary/aromatic N) is 1. The standard InChI is InChI=1S/C16H18N2O3/c1-3-13-6-4-5-7-16(13)21-11-12-8-9-14(17-2)15(10-12)18(19)20/h4-10,17H,3,11H2,1-2H3. The fourth-order valence-corrected chi connectivity index (χ4v) is 2.13. The second kappa shape index (κ2) is 6.74. The van der Waals surface area contributed by atoms with Gasteiger partial charge in [-0.25, -0.2) is 0 Å². The van der Waals surface area contributed by atoms with Crippen molar-refractivity contribution in [3.8, 4) is 5.75 Å². The lowest BCUT2D eigenvalue weighted by Crippen LogP contribution is -2.01. The van der Waals surface area contributed by atoms with Crippen molar-refractivity contribution in [2.75, 3.05) is 12.4 Å². The van der Waals surface area contributed by atoms with Gasteiger partial charge in [-0.05, 0) is 29.7 Å². The number of para-hydroxylation sites is 1. The molecule has 0 saturated carbocycles. The number of ether oxygens (including phenoxy) is 1. The molecule has 0 amide bonds. The topological polar surface area (TPSA) is 64.4 Å². The number of benzene rings is 2. The van der Waals surface area contributed by atoms with Gasteiger partial charge in [0.1, 0.15) is 18.0 Å². The zero-order valence-electron chi connectivity index (χ0n) is 12.1. The molecular formula is C16H18N2O3. The summed E-state index contributed by atoms with van der Waals surface area (Å²) < 4.78 is 5.78. The second-order valence-corrected chi connectivity index (χ2v) is 4.61. The highest BCUT2D eigenvalue weighted by molar-refractivity contribution is 5.62. The van der Waals surface area contributed by atoms with E-state index in [0.717, 1.165) is 23.3 Å². The maximum absolute atomic E-state index is 11.0. The lowest BCUT2D eigenvalue weighted by atomic mass is 10.1. The van der Waals surface area contributed by atoms with E-state index in [1.807, 2.05) is 30.3 Å². The molecule has 0 fully saturated rings. The zero-order chi connectivity index (χ0) is 15.2. The summed E-state index contributed by atoms with van der Waals surface area (Å²) in [5.74, 6) is 0.820. The van der Waals surface area contributed by atoms with Crippen molar-refractivity contribution < 1.29 is 9.66 Å². The molecular weight excluding hydrogens is 268 g/mol. The van der Waals surface area contributed by atoms with Crippen LogP contribution in [-0.2, 0) is 13.0 Å². The molecule has 0 bridgehead atoms. The highest BCUT2D eigenvalue weighted by Crippen LogP contribution is 2.26. The molecule has 0 atom stereocenters. The maximum Gasteiger partial charge on any atom is 0.292 e. The van der Waals surface area contributed by atoms with Crippen LogP contribution in [0.15, 0.2) is 42.5 Å². The predicted octanol–water partition coefficient (Wildman–Crippen LogP) is 3.78. The number of nitro groups is 1. The third-order valence-corrected chi connectivity index (χ3v) is 3.28. The quantitative estimate of drug-likeness (QED) is 0.648. The van der Waals surface area contributed by atoms with E-state index < -0.39 is 4.92 Å². The van der Waals surface area contributed by atoms with Crippen LogP contribution in [0.1, 0.15) is 18.1 Å². The zero-order valence-corrected chi connectivity index (χ0v) is 12.1. The van der Waals surface area contributed by atoms with Gasteiger partial charge in [0.05, 0.1) is 4.92 Å². The molecule has 0 aliphatic carbocycles. The number of rotatable bonds is 6. The van der Waals surface area contributed by atoms with Crippen LogP contribution in [0.3, 0.4) is 0 Å². The largest absolute Gasteiger partial charge is 0.489 e. The Balaban J connectivity index is 2.17. The van der Waals surface area contributed by atoms with Crippen molar-refractivity contribution >= 4 is 11.4 Å². The molecule has 0 aliphatic rings. The van der Waals surface area contributed by atoms with E-state index in [0.29, 0.717) is 12.3 Å². The fraction of sp³-hybridized carbons (Fsp3) is 0.250. The maximum atomic E-state index is 11.0. The first kappa shape index (κ1) is 14.8. The Hall–Kier alpha value is -2.56. The van der Waals surface area contributed by atoms with Crippen molar-refractivity contribution in [1.82, 2.24) is 0 Å². The first-order valence-electron chi connectivity index (χ1n) is 6.81. The molecule has 5 heteroatoms. The monoisotopic (exact) mass is 286 g/mol. The van der Waals surface area contributed by atoms with E-state index in [4.69, 9.17) is 4.74 Å². The van der Waals surface area contributed by atoms with Gasteiger partial charge in [0, 0.05) is 13.1 Å². The molecule has 2 rings (SSSR count). The molecule has 0 heterocycles. The summed E-state index contributed by atoms with van der Waals surface area (Å²) in [6.45, 7) is 2.37. The number of nitro benzene ring substituents is 1. The van der Waals surface area contributed by atoms with Gasteiger partial charge < -0.3 is 10.1 Å². The van der Waals surface area contributed by atoms with Crippen molar-refractivity contribution in [3.63, 3.8) is 0 Å². The van der Waals surface area contributed by atoms with Gasteiger partial charge in [-0.3, -0.25) is 10.1 Å². The molecule has 1 N–H and O–H groups in total. The van der Waals surface area contributed by atoms with Crippen LogP contribution >= 0.6 is 0 Å². The third kappa shape index (κ3) is 3.51. The van der Waals surface area contributed by atoms with Crippen LogP contribution in [0.4, 0.5) is 11.4 Å². The summed E-state index contributed by atoms with van der Waals surface area (Å²) in [5.41, 5.74) is 2.45. The van der Waals surface area contributed by atoms with Crippen LogP contribution in [0.2, 0.25) is 0 Å². The molecule has 0 radical (unpaired) electrons. The van der Waals surface area contributed by atoms with Crippen molar-refractivity contribution in [3.05, 3.63) is 63.7 Å². The van der Waals surface area contributed by atoms with Gasteiger partial charge in [0.25, 0.3) is 5.69 Å². The molecule has 2 aromatic rings. The SMILES string of the molecule is CCc1ccccc1OCc1ccc(NC)c([N+](=O)[O-])c1. The van der Waals surface area contributed by atoms with Gasteiger partial charge in [-0.1, -0.05) is 31.2 Å². The predicted molar refractivity (Wildman–Crippen MR) is 82.8 cm³/mol. The summed E-state index contributed by atoms with van der Waals surface area (Å²) in [6, 6.07) is 12.9. The third-order valence-electron chi connectivity index (χ3n) is 3.28. The van der Waals surface area contributed by atoms with Gasteiger partial charge in [-0.15, -0.1) is 0 Å². The molecule has 2 aromatic carbocycles. The lowest BCUT2D eigenvalue weighted by Gasteiger charge is -2.11. The van der Waals surface area contributed by atoms with Crippen molar-refractivity contribution in [2.24, 2.45) is 0 Å². The molecule has 5 nitrogen and oxygen atoms in total. The Morgan fingerprint density at radius 3 is 2.67 bits per heavy atom. The van der Waals surface area contributed by atoms with Gasteiger partial charge in [0.2, 0.25) is 0 Å². The van der Waals surface area contributed by atoms with E-state index in [-0.39, 0.29) is 5.69 Å². The highest BCUT2D eigenvalue weighted by atomic mass is 16.6. The van der Waals surface area contributed by atoms with Gasteiger partial charge in [-0.2, -0.15) is 0 Å². The Labute approximate surface area is 123 Å². The normalized spacial score (nSPS) is 10.2. The van der Waals surface area contributed by atoms with E-state index in [1.165, 1.54) is 0 Å². The Morgan fingerprint density at radius 1 is 1.24 bits per heavy atom. The minimum Gasteiger partial charge on any atom is -0.489 e. The van der Waals surface area contributed by atoms with Crippen LogP contribution in [0, 0.1) is 10.1 Å². The number of nitrogens with one attached hydrogen (secondary N) is 1. The number of aryl methyl sites for hydroxylation is 1. The first-order chi connectivity index (χ1) is 10.2. The molecule has 0 saturated heterocycles. The highest BCUT2D eigenvalue weighted by Gasteiger charge is 2.13. The fourth-order valence-electron chi connectivity index (χ4n) is 2.13. The van der Waals surface area contributed by atoms with Crippen LogP contribution in [-0.4, -0.2) is 12.0 Å². The Bertz CT molecular complexity index is 641. The van der Waals surface area contributed by atoms with Crippen LogP contribution < -0.4 is 10.1 Å². The molecule has 110 valence electrons. The summed E-state index contributed by atoms with van der Waals surface area (Å²) in [4.78, 5) is 10.6. The Morgan fingerprint density at radius 2 is 2.00 bits per heavy atom. The van der Waals surface area contributed by atoms with E-state index in [1.54, 1.807) is 19.2 Å². The average molecular weight is 286 g/mol. The van der Waals surface area contributed by atoms with Gasteiger partial charge >= 0.3 is 0 Å². The smallest absolute Gasteiger partial charge is 0.292 e. The Kier molecular flexibility index (Phi) is 4.77. The second-order valence-electron chi connectivity index (χ2n) is 4.61. The summed E-state index contributed by atoms with van der Waals surface area (Å²) in [7, 11) is 1.66. The number of anilines is 1. The van der Waals surface area contributed by atoms with E-state index in [9.17, 15) is 10.1 Å². The minimum absolute atomic E-state index is 0.0578. The van der Waals surface area contributed by atoms with Crippen LogP contribution in [0.5, 0.6) is 5.75 Å². The van der Waals surface area contributed by atoms with E-state index in [2.05, 4.69) is 12.2 Å². The lowest BCUT2D eigenvalue weighted by molar-refractivity contribution is -0.384. The molecule has 21 heavy (non-hydrogen) atoms. The molecule has 0 spiro atoms. The van der Waals surface area contributed by atoms with Crippen molar-refractivity contribution in [2.45, 2.75) is 20.0 Å². The number of hydrogen-bond donors (Lipinski definition) is 1. The first-order valence-corrected chi connectivity index (χ1v) is 6.81. The minimum atomic E-state index is -0.394. The van der Waals surface area contributed by atoms with Crippen molar-refractivity contribution in [1.29, 1.82) is 0 Å². The summed E-state index contributed by atoms with van der Waals surface area (Å²) >= 11 is 0. The summed E-state index contributed by atoms with van der Waals surface area (Å²) in [5, 5.41) is 13.8. The molecule has 0 aromatic heterocycles. The van der Waals surface area contributed by atoms with E-state index >= 15 is 0 Å². The average Bonchev–Trinajstić information content (AvgIpc) is 2.52. The summed E-state index contributed by atoms with van der Waals surface area (Å²) in [6.07, 6.45) is 0.884. The molecule has 0 aliphatic heterocycles. The van der Waals surface area contributed by atoms with Gasteiger partial charge in [0.15, 0.2) is 0 Å². The van der Waals surface area contributed by atoms with Crippen LogP contribution in [0.25, 0.3) is 0 Å². The number of hydrogen-bond acceptors (Lipinski definition) is 4.